The molecule has 84 valence electrons. The van der Waals surface area contributed by atoms with Crippen molar-refractivity contribution < 1.29 is 9.53 Å². The summed E-state index contributed by atoms with van der Waals surface area (Å²) >= 11 is 11.6. The topological polar surface area (TPSA) is 50.1 Å². The number of hydrogen-bond acceptors (Lipinski definition) is 3. The number of ether oxygens (including phenoxy) is 1. The highest BCUT2D eigenvalue weighted by Gasteiger charge is 2.09. The van der Waals surface area contributed by atoms with Crippen LogP contribution in [0.4, 0.5) is 0 Å². The van der Waals surface area contributed by atoms with Crippen molar-refractivity contribution >= 4 is 29.5 Å². The summed E-state index contributed by atoms with van der Waals surface area (Å²) < 4.78 is 5.34. The second kappa shape index (κ2) is 6.37. The van der Waals surface area contributed by atoms with E-state index in [0.29, 0.717) is 47.1 Å². The largest absolute Gasteiger partial charge is 0.491 e. The minimum atomic E-state index is 0.298. The predicted octanol–water partition coefficient (Wildman–Crippen LogP) is 3.49. The summed E-state index contributed by atoms with van der Waals surface area (Å²) in [4.78, 5) is 10.8. The summed E-state index contributed by atoms with van der Waals surface area (Å²) in [6.45, 7) is 0.343. The molecular formula is C11H9Cl2NO2. The third-order valence-corrected chi connectivity index (χ3v) is 2.34. The van der Waals surface area contributed by atoms with Gasteiger partial charge in [0.2, 0.25) is 0 Å². The average Bonchev–Trinajstić information content (AvgIpc) is 2.26. The maximum absolute atomic E-state index is 10.8. The van der Waals surface area contributed by atoms with E-state index in [1.54, 1.807) is 0 Å². The number of unbranched alkanes of at least 4 members (excludes halogenated alkanes) is 1. The minimum Gasteiger partial charge on any atom is -0.491 e. The first kappa shape index (κ1) is 12.8. The molecule has 16 heavy (non-hydrogen) atoms. The fourth-order valence-electron chi connectivity index (χ4n) is 1.15. The molecule has 0 aliphatic rings. The number of hydrogen-bond donors (Lipinski definition) is 0. The first-order chi connectivity index (χ1) is 7.69. The van der Waals surface area contributed by atoms with Gasteiger partial charge >= 0.3 is 0 Å². The van der Waals surface area contributed by atoms with Crippen molar-refractivity contribution in [3.8, 4) is 11.8 Å². The molecule has 1 aromatic carbocycles. The van der Waals surface area contributed by atoms with Gasteiger partial charge in [0.05, 0.1) is 23.3 Å². The molecular weight excluding hydrogens is 249 g/mol. The van der Waals surface area contributed by atoms with Crippen LogP contribution in [0.1, 0.15) is 23.2 Å². The molecule has 0 aliphatic heterocycles. The van der Waals surface area contributed by atoms with Crippen LogP contribution in [0.15, 0.2) is 12.1 Å². The van der Waals surface area contributed by atoms with Crippen LogP contribution >= 0.6 is 23.2 Å². The SMILES string of the molecule is N#CCCCOc1c(Cl)cc(Cl)cc1C=O. The quantitative estimate of drug-likeness (QED) is 0.600. The summed E-state index contributed by atoms with van der Waals surface area (Å²) in [7, 11) is 0. The minimum absolute atomic E-state index is 0.298. The Kier molecular flexibility index (Phi) is 5.10. The predicted molar refractivity (Wildman–Crippen MR) is 62.2 cm³/mol. The van der Waals surface area contributed by atoms with Gasteiger partial charge in [-0.25, -0.2) is 0 Å². The lowest BCUT2D eigenvalue weighted by atomic mass is 10.2. The summed E-state index contributed by atoms with van der Waals surface area (Å²) in [5.74, 6) is 0.319. The van der Waals surface area contributed by atoms with Crippen molar-refractivity contribution in [3.05, 3.63) is 27.7 Å². The molecule has 0 atom stereocenters. The van der Waals surface area contributed by atoms with Crippen LogP contribution in [0.25, 0.3) is 0 Å². The van der Waals surface area contributed by atoms with Crippen molar-refractivity contribution in [3.63, 3.8) is 0 Å². The molecule has 0 radical (unpaired) electrons. The molecule has 1 aromatic rings. The zero-order chi connectivity index (χ0) is 12.0. The number of carbonyl (C=O) groups is 1. The van der Waals surface area contributed by atoms with E-state index in [4.69, 9.17) is 33.2 Å². The molecule has 0 saturated carbocycles. The molecule has 0 bridgehead atoms. The molecule has 1 rings (SSSR count). The summed E-state index contributed by atoms with van der Waals surface area (Å²) in [5, 5.41) is 9.03. The van der Waals surface area contributed by atoms with E-state index in [1.165, 1.54) is 12.1 Å². The molecule has 5 heteroatoms. The molecule has 0 amide bonds. The van der Waals surface area contributed by atoms with Crippen molar-refractivity contribution in [2.75, 3.05) is 6.61 Å². The maximum Gasteiger partial charge on any atom is 0.153 e. The van der Waals surface area contributed by atoms with Crippen LogP contribution in [0.5, 0.6) is 5.75 Å². The smallest absolute Gasteiger partial charge is 0.153 e. The molecule has 3 nitrogen and oxygen atoms in total. The monoisotopic (exact) mass is 257 g/mol. The highest BCUT2D eigenvalue weighted by Crippen LogP contribution is 2.31. The average molecular weight is 258 g/mol. The Morgan fingerprint density at radius 3 is 2.81 bits per heavy atom. The number of nitrogens with zero attached hydrogens (tertiary/aromatic N) is 1. The molecule has 0 heterocycles. The zero-order valence-corrected chi connectivity index (χ0v) is 9.88. The van der Waals surface area contributed by atoms with Crippen LogP contribution < -0.4 is 4.74 Å². The Bertz CT molecular complexity index is 427. The first-order valence-electron chi connectivity index (χ1n) is 4.63. The summed E-state index contributed by atoms with van der Waals surface area (Å²) in [6.07, 6.45) is 1.63. The van der Waals surface area contributed by atoms with Gasteiger partial charge in [0.15, 0.2) is 6.29 Å². The van der Waals surface area contributed by atoms with Gasteiger partial charge in [-0.1, -0.05) is 23.2 Å². The number of aldehydes is 1. The summed E-state index contributed by atoms with van der Waals surface area (Å²) in [6, 6.07) is 5.00. The number of carbonyl (C=O) groups excluding carboxylic acids is 1. The van der Waals surface area contributed by atoms with Gasteiger partial charge in [0, 0.05) is 11.4 Å². The highest BCUT2D eigenvalue weighted by atomic mass is 35.5. The Labute approximate surface area is 104 Å². The normalized spacial score (nSPS) is 9.56. The third kappa shape index (κ3) is 3.41. The van der Waals surface area contributed by atoms with Crippen molar-refractivity contribution in [2.24, 2.45) is 0 Å². The van der Waals surface area contributed by atoms with Crippen molar-refractivity contribution in [1.29, 1.82) is 5.26 Å². The van der Waals surface area contributed by atoms with Gasteiger partial charge in [-0.05, 0) is 18.6 Å². The molecule has 0 fully saturated rings. The summed E-state index contributed by atoms with van der Waals surface area (Å²) in [5.41, 5.74) is 0.314. The van der Waals surface area contributed by atoms with E-state index in [0.717, 1.165) is 0 Å². The van der Waals surface area contributed by atoms with Crippen LogP contribution in [0, 0.1) is 11.3 Å². The molecule has 0 aromatic heterocycles. The first-order valence-corrected chi connectivity index (χ1v) is 5.38. The second-order valence-corrected chi connectivity index (χ2v) is 3.88. The molecule has 0 unspecified atom stereocenters. The van der Waals surface area contributed by atoms with Gasteiger partial charge in [0.25, 0.3) is 0 Å². The highest BCUT2D eigenvalue weighted by molar-refractivity contribution is 6.36. The van der Waals surface area contributed by atoms with Crippen molar-refractivity contribution in [2.45, 2.75) is 12.8 Å². The lowest BCUT2D eigenvalue weighted by molar-refractivity contribution is 0.111. The van der Waals surface area contributed by atoms with Gasteiger partial charge in [-0.2, -0.15) is 5.26 Å². The van der Waals surface area contributed by atoms with E-state index in [1.807, 2.05) is 6.07 Å². The molecule has 0 N–H and O–H groups in total. The molecule has 0 saturated heterocycles. The van der Waals surface area contributed by atoms with Gasteiger partial charge in [0.1, 0.15) is 5.75 Å². The Morgan fingerprint density at radius 2 is 2.19 bits per heavy atom. The van der Waals surface area contributed by atoms with E-state index < -0.39 is 0 Å². The van der Waals surface area contributed by atoms with Crippen LogP contribution in [-0.2, 0) is 0 Å². The van der Waals surface area contributed by atoms with Gasteiger partial charge in [-0.15, -0.1) is 0 Å². The van der Waals surface area contributed by atoms with Gasteiger partial charge < -0.3 is 4.74 Å². The van der Waals surface area contributed by atoms with E-state index >= 15 is 0 Å². The Balaban J connectivity index is 2.78. The van der Waals surface area contributed by atoms with Gasteiger partial charge in [-0.3, -0.25) is 4.79 Å². The lowest BCUT2D eigenvalue weighted by Crippen LogP contribution is -2.00. The molecule has 0 aliphatic carbocycles. The third-order valence-electron chi connectivity index (χ3n) is 1.84. The number of nitriles is 1. The fourth-order valence-corrected chi connectivity index (χ4v) is 1.71. The van der Waals surface area contributed by atoms with Crippen molar-refractivity contribution in [1.82, 2.24) is 0 Å². The van der Waals surface area contributed by atoms with Crippen LogP contribution in [-0.4, -0.2) is 12.9 Å². The van der Waals surface area contributed by atoms with Crippen LogP contribution in [0.2, 0.25) is 10.0 Å². The number of rotatable bonds is 5. The second-order valence-electron chi connectivity index (χ2n) is 3.03. The zero-order valence-electron chi connectivity index (χ0n) is 8.37. The van der Waals surface area contributed by atoms with E-state index in [9.17, 15) is 4.79 Å². The number of halogens is 2. The Morgan fingerprint density at radius 1 is 1.44 bits per heavy atom. The maximum atomic E-state index is 10.8. The number of benzene rings is 1. The fraction of sp³-hybridized carbons (Fsp3) is 0.273. The molecule has 0 spiro atoms. The Hall–Kier alpha value is -1.24. The lowest BCUT2D eigenvalue weighted by Gasteiger charge is -2.09. The van der Waals surface area contributed by atoms with E-state index in [2.05, 4.69) is 0 Å². The standard InChI is InChI=1S/C11H9Cl2NO2/c12-9-5-8(7-15)11(10(13)6-9)16-4-2-1-3-14/h5-7H,1-2,4H2. The van der Waals surface area contributed by atoms with Crippen LogP contribution in [0.3, 0.4) is 0 Å². The van der Waals surface area contributed by atoms with E-state index in [-0.39, 0.29) is 0 Å².